The van der Waals surface area contributed by atoms with Crippen molar-refractivity contribution in [1.29, 1.82) is 0 Å². The van der Waals surface area contributed by atoms with Gasteiger partial charge in [-0.2, -0.15) is 0 Å². The molecule has 1 aromatic carbocycles. The topological polar surface area (TPSA) is 73.0 Å². The van der Waals surface area contributed by atoms with E-state index >= 15 is 0 Å². The Morgan fingerprint density at radius 2 is 2.13 bits per heavy atom. The van der Waals surface area contributed by atoms with Crippen LogP contribution in [-0.4, -0.2) is 20.9 Å². The smallest absolute Gasteiger partial charge is 0.273 e. The molecule has 0 bridgehead atoms. The first-order valence-corrected chi connectivity index (χ1v) is 7.66. The number of hydrogen-bond donors (Lipinski definition) is 1. The predicted molar refractivity (Wildman–Crippen MR) is 83.2 cm³/mol. The summed E-state index contributed by atoms with van der Waals surface area (Å²) < 4.78 is 7.05. The number of nitrogens with zero attached hydrogens (tertiary/aromatic N) is 3. The number of aromatic nitrogens is 3. The Labute approximate surface area is 133 Å². The summed E-state index contributed by atoms with van der Waals surface area (Å²) in [4.78, 5) is 12.4. The van der Waals surface area contributed by atoms with Crippen molar-refractivity contribution in [3.8, 4) is 5.69 Å². The molecule has 6 heteroatoms. The number of para-hydroxylation sites is 1. The third kappa shape index (κ3) is 2.63. The summed E-state index contributed by atoms with van der Waals surface area (Å²) in [7, 11) is 0. The zero-order chi connectivity index (χ0) is 15.6. The van der Waals surface area contributed by atoms with E-state index in [1.165, 1.54) is 0 Å². The zero-order valence-corrected chi connectivity index (χ0v) is 12.5. The van der Waals surface area contributed by atoms with Crippen LogP contribution >= 0.6 is 0 Å². The molecule has 4 rings (SSSR count). The third-order valence-electron chi connectivity index (χ3n) is 4.10. The molecule has 0 radical (unpaired) electrons. The first kappa shape index (κ1) is 13.8. The van der Waals surface area contributed by atoms with Crippen LogP contribution in [0.15, 0.2) is 53.3 Å². The second-order valence-corrected chi connectivity index (χ2v) is 5.60. The summed E-state index contributed by atoms with van der Waals surface area (Å²) in [5.74, 6) is 0.751. The van der Waals surface area contributed by atoms with Crippen LogP contribution in [0.25, 0.3) is 5.69 Å². The number of aryl methyl sites for hydroxylation is 1. The molecule has 0 spiro atoms. The summed E-state index contributed by atoms with van der Waals surface area (Å²) in [5, 5.41) is 11.0. The Morgan fingerprint density at radius 1 is 1.26 bits per heavy atom. The maximum absolute atomic E-state index is 12.4. The quantitative estimate of drug-likeness (QED) is 0.807. The van der Waals surface area contributed by atoms with Crippen molar-refractivity contribution >= 4 is 5.91 Å². The molecule has 1 N–H and O–H groups in total. The highest BCUT2D eigenvalue weighted by molar-refractivity contribution is 5.92. The van der Waals surface area contributed by atoms with Crippen LogP contribution in [0.2, 0.25) is 0 Å². The van der Waals surface area contributed by atoms with E-state index in [9.17, 15) is 4.79 Å². The number of carbonyl (C=O) groups excluding carboxylic acids is 1. The van der Waals surface area contributed by atoms with Gasteiger partial charge in [-0.05, 0) is 31.0 Å². The van der Waals surface area contributed by atoms with Crippen molar-refractivity contribution in [2.24, 2.45) is 0 Å². The van der Waals surface area contributed by atoms with Gasteiger partial charge in [0.25, 0.3) is 5.91 Å². The zero-order valence-electron chi connectivity index (χ0n) is 12.5. The minimum atomic E-state index is -0.216. The van der Waals surface area contributed by atoms with Crippen LogP contribution < -0.4 is 5.32 Å². The maximum atomic E-state index is 12.4. The van der Waals surface area contributed by atoms with Gasteiger partial charge in [-0.1, -0.05) is 23.4 Å². The number of rotatable bonds is 3. The van der Waals surface area contributed by atoms with E-state index in [1.807, 2.05) is 36.4 Å². The molecule has 1 aliphatic carbocycles. The molecule has 0 saturated heterocycles. The minimum Gasteiger partial charge on any atom is -0.469 e. The normalized spacial score (nSPS) is 16.8. The molecule has 2 heterocycles. The SMILES string of the molecule is O=C(N[C@@H]1CCCc2occc21)c1cn(-c2ccccc2)nn1. The van der Waals surface area contributed by atoms with E-state index in [1.54, 1.807) is 17.1 Å². The van der Waals surface area contributed by atoms with Gasteiger partial charge in [-0.25, -0.2) is 4.68 Å². The van der Waals surface area contributed by atoms with E-state index < -0.39 is 0 Å². The van der Waals surface area contributed by atoms with Crippen molar-refractivity contribution in [1.82, 2.24) is 20.3 Å². The van der Waals surface area contributed by atoms with E-state index in [2.05, 4.69) is 15.6 Å². The molecular weight excluding hydrogens is 292 g/mol. The number of benzene rings is 1. The molecule has 0 aliphatic heterocycles. The molecule has 0 saturated carbocycles. The summed E-state index contributed by atoms with van der Waals surface area (Å²) in [5.41, 5.74) is 2.25. The first-order chi connectivity index (χ1) is 11.3. The Balaban J connectivity index is 1.52. The maximum Gasteiger partial charge on any atom is 0.273 e. The van der Waals surface area contributed by atoms with Gasteiger partial charge in [0.1, 0.15) is 5.76 Å². The highest BCUT2D eigenvalue weighted by atomic mass is 16.3. The van der Waals surface area contributed by atoms with Crippen molar-refractivity contribution in [3.63, 3.8) is 0 Å². The molecule has 1 atom stereocenters. The Bertz CT molecular complexity index is 822. The van der Waals surface area contributed by atoms with Gasteiger partial charge in [0.15, 0.2) is 5.69 Å². The molecule has 6 nitrogen and oxygen atoms in total. The van der Waals surface area contributed by atoms with Crippen molar-refractivity contribution in [2.45, 2.75) is 25.3 Å². The lowest BCUT2D eigenvalue weighted by Crippen LogP contribution is -2.30. The Morgan fingerprint density at radius 3 is 3.00 bits per heavy atom. The minimum absolute atomic E-state index is 0.0214. The van der Waals surface area contributed by atoms with Gasteiger partial charge in [0.2, 0.25) is 0 Å². The van der Waals surface area contributed by atoms with Crippen LogP contribution in [0.3, 0.4) is 0 Å². The number of nitrogens with one attached hydrogen (secondary N) is 1. The van der Waals surface area contributed by atoms with Crippen molar-refractivity contribution < 1.29 is 9.21 Å². The van der Waals surface area contributed by atoms with Gasteiger partial charge in [0.05, 0.1) is 24.2 Å². The molecule has 3 aromatic rings. The number of amides is 1. The van der Waals surface area contributed by atoms with Gasteiger partial charge >= 0.3 is 0 Å². The lowest BCUT2D eigenvalue weighted by atomic mass is 9.93. The second kappa shape index (κ2) is 5.72. The average Bonchev–Trinajstić information content (AvgIpc) is 3.25. The fourth-order valence-corrected chi connectivity index (χ4v) is 2.94. The highest BCUT2D eigenvalue weighted by Crippen LogP contribution is 2.30. The molecule has 0 unspecified atom stereocenters. The Kier molecular flexibility index (Phi) is 3.42. The van der Waals surface area contributed by atoms with Crippen LogP contribution in [0.1, 0.15) is 40.7 Å². The monoisotopic (exact) mass is 308 g/mol. The molecule has 116 valence electrons. The lowest BCUT2D eigenvalue weighted by Gasteiger charge is -2.22. The molecule has 0 fully saturated rings. The largest absolute Gasteiger partial charge is 0.469 e. The van der Waals surface area contributed by atoms with Crippen LogP contribution in [0.4, 0.5) is 0 Å². The fourth-order valence-electron chi connectivity index (χ4n) is 2.94. The summed E-state index contributed by atoms with van der Waals surface area (Å²) in [6.07, 6.45) is 6.16. The number of fused-ring (bicyclic) bond motifs is 1. The van der Waals surface area contributed by atoms with E-state index in [0.717, 1.165) is 36.3 Å². The number of furan rings is 1. The Hall–Kier alpha value is -2.89. The fraction of sp³-hybridized carbons (Fsp3) is 0.235. The predicted octanol–water partition coefficient (Wildman–Crippen LogP) is 2.67. The highest BCUT2D eigenvalue weighted by Gasteiger charge is 2.25. The molecule has 1 amide bonds. The van der Waals surface area contributed by atoms with E-state index in [0.29, 0.717) is 5.69 Å². The summed E-state index contributed by atoms with van der Waals surface area (Å²) in [6, 6.07) is 11.5. The van der Waals surface area contributed by atoms with Crippen LogP contribution in [0, 0.1) is 0 Å². The third-order valence-corrected chi connectivity index (χ3v) is 4.10. The van der Waals surface area contributed by atoms with Crippen molar-refractivity contribution in [3.05, 3.63) is 65.9 Å². The van der Waals surface area contributed by atoms with Gasteiger partial charge in [0, 0.05) is 12.0 Å². The van der Waals surface area contributed by atoms with E-state index in [4.69, 9.17) is 4.42 Å². The van der Waals surface area contributed by atoms with Gasteiger partial charge in [-0.3, -0.25) is 4.79 Å². The molecule has 1 aliphatic rings. The van der Waals surface area contributed by atoms with Gasteiger partial charge < -0.3 is 9.73 Å². The number of hydrogen-bond acceptors (Lipinski definition) is 4. The molecular formula is C17H16N4O2. The molecule has 23 heavy (non-hydrogen) atoms. The molecule has 2 aromatic heterocycles. The number of carbonyl (C=O) groups is 1. The standard InChI is InChI=1S/C17H16N4O2/c22-17(18-14-7-4-8-16-13(14)9-10-23-16)15-11-21(20-19-15)12-5-2-1-3-6-12/h1-3,5-6,9-11,14H,4,7-8H2,(H,18,22)/t14-/m1/s1. The van der Waals surface area contributed by atoms with Gasteiger partial charge in [-0.15, -0.1) is 5.10 Å². The summed E-state index contributed by atoms with van der Waals surface area (Å²) in [6.45, 7) is 0. The van der Waals surface area contributed by atoms with Crippen LogP contribution in [-0.2, 0) is 6.42 Å². The lowest BCUT2D eigenvalue weighted by molar-refractivity contribution is 0.0927. The van der Waals surface area contributed by atoms with Crippen LogP contribution in [0.5, 0.6) is 0 Å². The first-order valence-electron chi connectivity index (χ1n) is 7.66. The second-order valence-electron chi connectivity index (χ2n) is 5.60. The van der Waals surface area contributed by atoms with E-state index in [-0.39, 0.29) is 11.9 Å². The van der Waals surface area contributed by atoms with Crippen molar-refractivity contribution in [2.75, 3.05) is 0 Å². The summed E-state index contributed by atoms with van der Waals surface area (Å²) >= 11 is 0. The average molecular weight is 308 g/mol.